The van der Waals surface area contributed by atoms with E-state index in [1.165, 1.54) is 0 Å². The Labute approximate surface area is 103 Å². The second kappa shape index (κ2) is 7.28. The van der Waals surface area contributed by atoms with Gasteiger partial charge in [-0.25, -0.2) is 0 Å². The quantitative estimate of drug-likeness (QED) is 0.707. The van der Waals surface area contributed by atoms with E-state index < -0.39 is 0 Å². The lowest BCUT2D eigenvalue weighted by Gasteiger charge is -2.40. The molecule has 1 saturated heterocycles. The third-order valence-electron chi connectivity index (χ3n) is 2.81. The maximum absolute atomic E-state index is 5.82. The van der Waals surface area contributed by atoms with Gasteiger partial charge in [-0.05, 0) is 13.8 Å². The van der Waals surface area contributed by atoms with Gasteiger partial charge in [-0.1, -0.05) is 0 Å². The average molecular weight is 248 g/mol. The Kier molecular flexibility index (Phi) is 6.37. The first-order chi connectivity index (χ1) is 8.12. The Balaban J connectivity index is 2.64. The standard InChI is InChI=1S/C12H24O5/c1-8(2)16-11-6-9(14-4)12(15-5)10(17-11)7-13-3/h8-12H,6-7H2,1-5H3/t9-,10-,11-,12-/m1/s1. The fraction of sp³-hybridized carbons (Fsp3) is 1.00. The molecule has 1 fully saturated rings. The summed E-state index contributed by atoms with van der Waals surface area (Å²) in [5, 5.41) is 0. The van der Waals surface area contributed by atoms with Gasteiger partial charge in [0.1, 0.15) is 12.2 Å². The van der Waals surface area contributed by atoms with Crippen molar-refractivity contribution in [1.29, 1.82) is 0 Å². The molecule has 1 aliphatic heterocycles. The van der Waals surface area contributed by atoms with Gasteiger partial charge in [-0.15, -0.1) is 0 Å². The molecular weight excluding hydrogens is 224 g/mol. The molecule has 0 aromatic heterocycles. The summed E-state index contributed by atoms with van der Waals surface area (Å²) in [5.74, 6) is 0. The van der Waals surface area contributed by atoms with Crippen molar-refractivity contribution in [2.45, 2.75) is 51.0 Å². The zero-order valence-electron chi connectivity index (χ0n) is 11.3. The summed E-state index contributed by atoms with van der Waals surface area (Å²) in [5.41, 5.74) is 0. The van der Waals surface area contributed by atoms with Crippen LogP contribution in [0.25, 0.3) is 0 Å². The van der Waals surface area contributed by atoms with Crippen LogP contribution in [0, 0.1) is 0 Å². The van der Waals surface area contributed by atoms with Crippen LogP contribution in [-0.2, 0) is 23.7 Å². The van der Waals surface area contributed by atoms with E-state index in [0.717, 1.165) is 0 Å². The second-order valence-electron chi connectivity index (χ2n) is 4.45. The summed E-state index contributed by atoms with van der Waals surface area (Å²) in [7, 11) is 4.98. The highest BCUT2D eigenvalue weighted by Gasteiger charge is 2.39. The molecule has 0 saturated carbocycles. The number of hydrogen-bond donors (Lipinski definition) is 0. The normalized spacial score (nSPS) is 34.2. The van der Waals surface area contributed by atoms with E-state index in [0.29, 0.717) is 13.0 Å². The van der Waals surface area contributed by atoms with Crippen molar-refractivity contribution in [1.82, 2.24) is 0 Å². The molecule has 0 N–H and O–H groups in total. The third kappa shape index (κ3) is 4.19. The molecule has 5 heteroatoms. The summed E-state index contributed by atoms with van der Waals surface area (Å²) >= 11 is 0. The third-order valence-corrected chi connectivity index (χ3v) is 2.81. The van der Waals surface area contributed by atoms with Crippen molar-refractivity contribution in [2.24, 2.45) is 0 Å². The van der Waals surface area contributed by atoms with E-state index in [2.05, 4.69) is 0 Å². The zero-order valence-corrected chi connectivity index (χ0v) is 11.3. The van der Waals surface area contributed by atoms with Crippen LogP contribution in [0.2, 0.25) is 0 Å². The Morgan fingerprint density at radius 3 is 2.35 bits per heavy atom. The van der Waals surface area contributed by atoms with Gasteiger partial charge in [0.25, 0.3) is 0 Å². The van der Waals surface area contributed by atoms with Crippen LogP contribution in [-0.4, -0.2) is 58.6 Å². The molecule has 0 radical (unpaired) electrons. The Hall–Kier alpha value is -0.200. The first kappa shape index (κ1) is 14.9. The largest absolute Gasteiger partial charge is 0.382 e. The predicted molar refractivity (Wildman–Crippen MR) is 63.0 cm³/mol. The monoisotopic (exact) mass is 248 g/mol. The summed E-state index contributed by atoms with van der Waals surface area (Å²) in [6.45, 7) is 4.44. The molecule has 1 rings (SSSR count). The van der Waals surface area contributed by atoms with Crippen LogP contribution in [0.4, 0.5) is 0 Å². The zero-order chi connectivity index (χ0) is 12.8. The van der Waals surface area contributed by atoms with Gasteiger partial charge in [0.2, 0.25) is 0 Å². The first-order valence-corrected chi connectivity index (χ1v) is 5.97. The lowest BCUT2D eigenvalue weighted by molar-refractivity contribution is -0.274. The van der Waals surface area contributed by atoms with E-state index in [1.54, 1.807) is 21.3 Å². The smallest absolute Gasteiger partial charge is 0.161 e. The van der Waals surface area contributed by atoms with Crippen molar-refractivity contribution >= 4 is 0 Å². The molecule has 102 valence electrons. The maximum atomic E-state index is 5.82. The SMILES string of the molecule is COC[C@H]1O[C@@H](OC(C)C)C[C@@H](OC)[C@H]1OC. The van der Waals surface area contributed by atoms with E-state index in [-0.39, 0.29) is 30.7 Å². The van der Waals surface area contributed by atoms with Gasteiger partial charge in [0.05, 0.1) is 18.8 Å². The number of ether oxygens (including phenoxy) is 5. The van der Waals surface area contributed by atoms with E-state index in [1.807, 2.05) is 13.8 Å². The minimum absolute atomic E-state index is 0.0300. The molecule has 0 spiro atoms. The fourth-order valence-electron chi connectivity index (χ4n) is 2.11. The van der Waals surface area contributed by atoms with Crippen LogP contribution in [0.3, 0.4) is 0 Å². The van der Waals surface area contributed by atoms with Crippen LogP contribution in [0.5, 0.6) is 0 Å². The molecule has 5 nitrogen and oxygen atoms in total. The highest BCUT2D eigenvalue weighted by atomic mass is 16.7. The molecule has 1 aliphatic rings. The summed E-state index contributed by atoms with van der Waals surface area (Å²) in [4.78, 5) is 0. The topological polar surface area (TPSA) is 46.2 Å². The first-order valence-electron chi connectivity index (χ1n) is 5.97. The van der Waals surface area contributed by atoms with E-state index in [9.17, 15) is 0 Å². The number of hydrogen-bond acceptors (Lipinski definition) is 5. The molecule has 4 atom stereocenters. The van der Waals surface area contributed by atoms with Crippen LogP contribution < -0.4 is 0 Å². The van der Waals surface area contributed by atoms with Gasteiger partial charge < -0.3 is 23.7 Å². The van der Waals surface area contributed by atoms with Gasteiger partial charge in [0, 0.05) is 27.8 Å². The van der Waals surface area contributed by atoms with Crippen molar-refractivity contribution in [3.63, 3.8) is 0 Å². The van der Waals surface area contributed by atoms with Crippen LogP contribution >= 0.6 is 0 Å². The van der Waals surface area contributed by atoms with Crippen molar-refractivity contribution < 1.29 is 23.7 Å². The molecule has 1 heterocycles. The van der Waals surface area contributed by atoms with E-state index >= 15 is 0 Å². The maximum Gasteiger partial charge on any atom is 0.161 e. The molecule has 0 unspecified atom stereocenters. The minimum Gasteiger partial charge on any atom is -0.382 e. The van der Waals surface area contributed by atoms with Gasteiger partial charge >= 0.3 is 0 Å². The Bertz CT molecular complexity index is 209. The van der Waals surface area contributed by atoms with Gasteiger partial charge in [-0.2, -0.15) is 0 Å². The molecule has 0 aromatic rings. The molecule has 17 heavy (non-hydrogen) atoms. The highest BCUT2D eigenvalue weighted by molar-refractivity contribution is 4.85. The lowest BCUT2D eigenvalue weighted by Crippen LogP contribution is -2.52. The molecule has 0 aliphatic carbocycles. The van der Waals surface area contributed by atoms with Crippen molar-refractivity contribution in [3.8, 4) is 0 Å². The van der Waals surface area contributed by atoms with Crippen molar-refractivity contribution in [3.05, 3.63) is 0 Å². The second-order valence-corrected chi connectivity index (χ2v) is 4.45. The molecule has 0 aromatic carbocycles. The summed E-state index contributed by atoms with van der Waals surface area (Å²) in [6, 6.07) is 0. The number of rotatable bonds is 6. The Morgan fingerprint density at radius 1 is 1.18 bits per heavy atom. The van der Waals surface area contributed by atoms with Gasteiger partial charge in [-0.3, -0.25) is 0 Å². The van der Waals surface area contributed by atoms with Gasteiger partial charge in [0.15, 0.2) is 6.29 Å². The highest BCUT2D eigenvalue weighted by Crippen LogP contribution is 2.26. The molecule has 0 amide bonds. The van der Waals surface area contributed by atoms with Crippen LogP contribution in [0.15, 0.2) is 0 Å². The number of methoxy groups -OCH3 is 3. The van der Waals surface area contributed by atoms with Crippen molar-refractivity contribution in [2.75, 3.05) is 27.9 Å². The predicted octanol–water partition coefficient (Wildman–Crippen LogP) is 1.20. The fourth-order valence-corrected chi connectivity index (χ4v) is 2.11. The molecule has 0 bridgehead atoms. The molecular formula is C12H24O5. The summed E-state index contributed by atoms with van der Waals surface area (Å²) < 4.78 is 27.5. The van der Waals surface area contributed by atoms with E-state index in [4.69, 9.17) is 23.7 Å². The summed E-state index contributed by atoms with van der Waals surface area (Å²) in [6.07, 6.45) is 0.233. The lowest BCUT2D eigenvalue weighted by atomic mass is 10.0. The van der Waals surface area contributed by atoms with Crippen LogP contribution in [0.1, 0.15) is 20.3 Å². The average Bonchev–Trinajstić information content (AvgIpc) is 2.28. The minimum atomic E-state index is -0.258. The Morgan fingerprint density at radius 2 is 1.88 bits per heavy atom.